The van der Waals surface area contributed by atoms with Gasteiger partial charge in [0.2, 0.25) is 5.29 Å². The van der Waals surface area contributed by atoms with Crippen molar-refractivity contribution >= 4 is 46.0 Å². The van der Waals surface area contributed by atoms with Crippen molar-refractivity contribution < 1.29 is 0 Å². The average molecular weight is 291 g/mol. The van der Waals surface area contributed by atoms with Gasteiger partial charge < -0.3 is 0 Å². The van der Waals surface area contributed by atoms with E-state index in [4.69, 9.17) is 23.2 Å². The van der Waals surface area contributed by atoms with Crippen LogP contribution in [0, 0.1) is 0 Å². The van der Waals surface area contributed by atoms with Crippen molar-refractivity contribution in [2.45, 2.75) is 6.42 Å². The van der Waals surface area contributed by atoms with Gasteiger partial charge in [0.1, 0.15) is 5.16 Å². The molecule has 0 unspecified atom stereocenters. The van der Waals surface area contributed by atoms with Crippen molar-refractivity contribution in [1.82, 2.24) is 0 Å². The minimum absolute atomic E-state index is 0.0409. The molecular formula is C15H12Cl2N2. The molecule has 0 saturated carbocycles. The van der Waals surface area contributed by atoms with E-state index in [1.807, 2.05) is 18.2 Å². The van der Waals surface area contributed by atoms with E-state index in [0.29, 0.717) is 11.6 Å². The largest absolute Gasteiger partial charge is 0.234 e. The lowest BCUT2D eigenvalue weighted by Gasteiger charge is -2.03. The minimum atomic E-state index is 0.0409. The van der Waals surface area contributed by atoms with Crippen LogP contribution in [0.15, 0.2) is 63.7 Å². The third-order valence-electron chi connectivity index (χ3n) is 2.70. The molecule has 2 aromatic carbocycles. The normalized spacial score (nSPS) is 12.7. The van der Waals surface area contributed by atoms with Crippen LogP contribution in [0.3, 0.4) is 0 Å². The molecule has 0 aliphatic heterocycles. The lowest BCUT2D eigenvalue weighted by molar-refractivity contribution is 1.27. The number of rotatable bonds is 3. The first-order valence-corrected chi connectivity index (χ1v) is 6.49. The maximum Gasteiger partial charge on any atom is 0.223 e. The molecule has 19 heavy (non-hydrogen) atoms. The van der Waals surface area contributed by atoms with E-state index in [-0.39, 0.29) is 5.29 Å². The van der Waals surface area contributed by atoms with Crippen LogP contribution in [-0.2, 0) is 6.42 Å². The first kappa shape index (κ1) is 13.8. The average Bonchev–Trinajstić information content (AvgIpc) is 2.44. The fourth-order valence-corrected chi connectivity index (χ4v) is 2.13. The maximum atomic E-state index is 5.96. The highest BCUT2D eigenvalue weighted by atomic mass is 35.5. The monoisotopic (exact) mass is 290 g/mol. The van der Waals surface area contributed by atoms with Gasteiger partial charge in [-0.1, -0.05) is 54.1 Å². The van der Waals surface area contributed by atoms with Gasteiger partial charge in [0, 0.05) is 0 Å². The Bertz CT molecular complexity index is 655. The Morgan fingerprint density at radius 1 is 1.11 bits per heavy atom. The Kier molecular flexibility index (Phi) is 4.72. The van der Waals surface area contributed by atoms with E-state index in [9.17, 15) is 0 Å². The number of benzene rings is 2. The van der Waals surface area contributed by atoms with Crippen molar-refractivity contribution in [2.75, 3.05) is 0 Å². The van der Waals surface area contributed by atoms with Crippen molar-refractivity contribution in [3.8, 4) is 0 Å². The minimum Gasteiger partial charge on any atom is -0.234 e. The molecule has 96 valence electrons. The Morgan fingerprint density at radius 2 is 1.84 bits per heavy atom. The molecule has 0 saturated heterocycles. The Hall–Kier alpha value is -1.64. The number of halogens is 2. The third kappa shape index (κ3) is 3.66. The number of aliphatic imine (C=N–C) groups is 2. The highest BCUT2D eigenvalue weighted by Crippen LogP contribution is 2.20. The number of hydrogen-bond acceptors (Lipinski definition) is 1. The van der Waals surface area contributed by atoms with Crippen LogP contribution in [0.4, 0.5) is 0 Å². The van der Waals surface area contributed by atoms with Gasteiger partial charge in [0.15, 0.2) is 0 Å². The molecule has 0 aromatic heterocycles. The second kappa shape index (κ2) is 6.50. The summed E-state index contributed by atoms with van der Waals surface area (Å²) in [5.74, 6) is 0. The Balaban J connectivity index is 2.27. The summed E-state index contributed by atoms with van der Waals surface area (Å²) in [5.41, 5.74) is 1.19. The van der Waals surface area contributed by atoms with E-state index < -0.39 is 0 Å². The number of hydrogen-bond donors (Lipinski definition) is 0. The van der Waals surface area contributed by atoms with Crippen LogP contribution in [0.5, 0.6) is 0 Å². The molecule has 0 spiro atoms. The van der Waals surface area contributed by atoms with Crippen LogP contribution in [0.25, 0.3) is 10.8 Å². The number of amidine groups is 1. The molecule has 0 aliphatic carbocycles. The van der Waals surface area contributed by atoms with E-state index in [1.165, 1.54) is 16.3 Å². The number of allylic oxidation sites excluding steroid dienone is 1. The molecule has 0 bridgehead atoms. The Morgan fingerprint density at radius 3 is 2.63 bits per heavy atom. The van der Waals surface area contributed by atoms with Crippen LogP contribution >= 0.6 is 23.2 Å². The fraction of sp³-hybridized carbons (Fsp3) is 0.0667. The summed E-state index contributed by atoms with van der Waals surface area (Å²) in [5, 5.41) is 2.77. The lowest BCUT2D eigenvalue weighted by atomic mass is 10.0. The van der Waals surface area contributed by atoms with Crippen LogP contribution < -0.4 is 0 Å². The fourth-order valence-electron chi connectivity index (χ4n) is 1.83. The summed E-state index contributed by atoms with van der Waals surface area (Å²) in [6, 6.07) is 14.4. The number of nitrogens with zero attached hydrogens (tertiary/aromatic N) is 2. The molecular weight excluding hydrogens is 279 g/mol. The summed E-state index contributed by atoms with van der Waals surface area (Å²) in [6.45, 7) is 3.27. The van der Waals surface area contributed by atoms with Gasteiger partial charge in [-0.2, -0.15) is 0 Å². The summed E-state index contributed by atoms with van der Waals surface area (Å²) in [7, 11) is 0. The van der Waals surface area contributed by atoms with Gasteiger partial charge in [0.05, 0.1) is 0 Å². The van der Waals surface area contributed by atoms with Crippen LogP contribution in [-0.4, -0.2) is 12.0 Å². The predicted octanol–water partition coefficient (Wildman–Crippen LogP) is 4.76. The molecule has 0 radical (unpaired) electrons. The lowest BCUT2D eigenvalue weighted by Crippen LogP contribution is -1.85. The summed E-state index contributed by atoms with van der Waals surface area (Å²) in [6.07, 6.45) is 2.49. The van der Waals surface area contributed by atoms with Gasteiger partial charge in [-0.05, 0) is 47.2 Å². The molecule has 0 N–H and O–H groups in total. The highest BCUT2D eigenvalue weighted by molar-refractivity contribution is 6.65. The van der Waals surface area contributed by atoms with Crippen molar-refractivity contribution in [2.24, 2.45) is 9.98 Å². The zero-order valence-electron chi connectivity index (χ0n) is 10.2. The quantitative estimate of drug-likeness (QED) is 0.442. The molecule has 0 atom stereocenters. The maximum absolute atomic E-state index is 5.96. The molecule has 2 nitrogen and oxygen atoms in total. The molecule has 4 heteroatoms. The smallest absolute Gasteiger partial charge is 0.223 e. The van der Waals surface area contributed by atoms with Gasteiger partial charge in [0.25, 0.3) is 0 Å². The number of fused-ring (bicyclic) bond motifs is 1. The van der Waals surface area contributed by atoms with Crippen molar-refractivity contribution in [3.05, 3.63) is 59.3 Å². The van der Waals surface area contributed by atoms with Crippen molar-refractivity contribution in [3.63, 3.8) is 0 Å². The van der Waals surface area contributed by atoms with Gasteiger partial charge in [-0.3, -0.25) is 0 Å². The van der Waals surface area contributed by atoms with Gasteiger partial charge in [-0.25, -0.2) is 9.98 Å². The molecule has 0 amide bonds. The second-order valence-electron chi connectivity index (χ2n) is 3.91. The third-order valence-corrected chi connectivity index (χ3v) is 3.14. The molecule has 0 aliphatic rings. The zero-order valence-corrected chi connectivity index (χ0v) is 11.7. The highest BCUT2D eigenvalue weighted by Gasteiger charge is 1.99. The van der Waals surface area contributed by atoms with Crippen molar-refractivity contribution in [1.29, 1.82) is 0 Å². The summed E-state index contributed by atoms with van der Waals surface area (Å²) < 4.78 is 0. The van der Waals surface area contributed by atoms with E-state index >= 15 is 0 Å². The summed E-state index contributed by atoms with van der Waals surface area (Å²) in [4.78, 5) is 7.34. The standard InChI is InChI=1S/C15H12Cl2N2/c1-18-15(17)19-14(16)10-9-12-7-4-6-11-5-2-3-8-13(11)12/h2-8,10H,1,9H2/b14-10-,19-15-. The van der Waals surface area contributed by atoms with E-state index in [2.05, 4.69) is 41.0 Å². The molecule has 2 aromatic rings. The molecule has 0 fully saturated rings. The molecule has 2 rings (SSSR count). The Labute approximate surface area is 122 Å². The van der Waals surface area contributed by atoms with E-state index in [0.717, 1.165) is 0 Å². The topological polar surface area (TPSA) is 24.7 Å². The first-order chi connectivity index (χ1) is 9.20. The van der Waals surface area contributed by atoms with Gasteiger partial charge >= 0.3 is 0 Å². The second-order valence-corrected chi connectivity index (χ2v) is 4.63. The van der Waals surface area contributed by atoms with Crippen LogP contribution in [0.1, 0.15) is 5.56 Å². The zero-order chi connectivity index (χ0) is 13.7. The first-order valence-electron chi connectivity index (χ1n) is 5.74. The van der Waals surface area contributed by atoms with E-state index in [1.54, 1.807) is 6.08 Å². The molecule has 0 heterocycles. The van der Waals surface area contributed by atoms with Gasteiger partial charge in [-0.15, -0.1) is 0 Å². The predicted molar refractivity (Wildman–Crippen MR) is 84.4 cm³/mol. The summed E-state index contributed by atoms with van der Waals surface area (Å²) >= 11 is 11.6. The van der Waals surface area contributed by atoms with Crippen LogP contribution in [0.2, 0.25) is 0 Å². The SMILES string of the molecule is C=N/C(Cl)=N\C(Cl)=C/Cc1cccc2ccccc12.